The summed E-state index contributed by atoms with van der Waals surface area (Å²) in [7, 11) is 0. The van der Waals surface area contributed by atoms with Crippen LogP contribution in [0.5, 0.6) is 0 Å². The Kier molecular flexibility index (Phi) is 4.21. The predicted octanol–water partition coefficient (Wildman–Crippen LogP) is 5.90. The second-order valence-corrected chi connectivity index (χ2v) is 6.56. The minimum atomic E-state index is -0.197. The van der Waals surface area contributed by atoms with Crippen LogP contribution in [0.2, 0.25) is 0 Å². The number of hydrogen-bond acceptors (Lipinski definition) is 2. The molecule has 0 aliphatic carbocycles. The lowest BCUT2D eigenvalue weighted by molar-refractivity contribution is 0.603. The molecule has 0 bridgehead atoms. The number of hydrogen-bond donors (Lipinski definition) is 0. The predicted molar refractivity (Wildman–Crippen MR) is 104 cm³/mol. The maximum atomic E-state index is 14.6. The maximum absolute atomic E-state index is 14.6. The molecule has 2 aromatic carbocycles. The van der Waals surface area contributed by atoms with Crippen molar-refractivity contribution in [2.75, 3.05) is 0 Å². The number of benzene rings is 2. The third kappa shape index (κ3) is 2.97. The average molecular weight is 342 g/mol. The summed E-state index contributed by atoms with van der Waals surface area (Å²) < 4.78 is 14.6. The van der Waals surface area contributed by atoms with Crippen LogP contribution >= 0.6 is 0 Å². The Morgan fingerprint density at radius 2 is 1.73 bits per heavy atom. The Balaban J connectivity index is 1.81. The number of para-hydroxylation sites is 1. The van der Waals surface area contributed by atoms with Gasteiger partial charge in [-0.15, -0.1) is 0 Å². The fourth-order valence-corrected chi connectivity index (χ4v) is 3.42. The first-order chi connectivity index (χ1) is 12.6. The van der Waals surface area contributed by atoms with Gasteiger partial charge in [0.2, 0.25) is 0 Å². The summed E-state index contributed by atoms with van der Waals surface area (Å²) >= 11 is 0. The van der Waals surface area contributed by atoms with Crippen LogP contribution in [0.25, 0.3) is 22.0 Å². The molecule has 0 aliphatic heterocycles. The summed E-state index contributed by atoms with van der Waals surface area (Å²) in [5, 5.41) is 1.07. The lowest BCUT2D eigenvalue weighted by atomic mass is 9.89. The van der Waals surface area contributed by atoms with Gasteiger partial charge in [0.25, 0.3) is 0 Å². The van der Waals surface area contributed by atoms with Crippen LogP contribution in [-0.2, 0) is 0 Å². The molecule has 0 saturated carbocycles. The van der Waals surface area contributed by atoms with Crippen molar-refractivity contribution in [3.05, 3.63) is 95.7 Å². The second kappa shape index (κ2) is 6.68. The molecular formula is C23H19FN2. The molecule has 0 spiro atoms. The Hall–Kier alpha value is -3.07. The van der Waals surface area contributed by atoms with E-state index in [1.165, 1.54) is 6.07 Å². The van der Waals surface area contributed by atoms with Gasteiger partial charge in [-0.25, -0.2) is 4.39 Å². The first-order valence-corrected chi connectivity index (χ1v) is 8.69. The summed E-state index contributed by atoms with van der Waals surface area (Å²) in [6.07, 6.45) is 3.53. The molecule has 3 heteroatoms. The maximum Gasteiger partial charge on any atom is 0.127 e. The van der Waals surface area contributed by atoms with Crippen molar-refractivity contribution >= 4 is 10.9 Å². The Bertz CT molecular complexity index is 1070. The van der Waals surface area contributed by atoms with Gasteiger partial charge < -0.3 is 0 Å². The number of aryl methyl sites for hydroxylation is 1. The molecule has 0 fully saturated rings. The van der Waals surface area contributed by atoms with Crippen LogP contribution in [0.1, 0.15) is 29.7 Å². The quantitative estimate of drug-likeness (QED) is 0.463. The van der Waals surface area contributed by atoms with Crippen molar-refractivity contribution in [2.24, 2.45) is 0 Å². The van der Waals surface area contributed by atoms with E-state index in [9.17, 15) is 4.39 Å². The van der Waals surface area contributed by atoms with Gasteiger partial charge in [0.1, 0.15) is 5.82 Å². The van der Waals surface area contributed by atoms with Gasteiger partial charge in [0.15, 0.2) is 0 Å². The molecule has 0 N–H and O–H groups in total. The standard InChI is InChI=1S/C23H19FN2/c1-15(20-13-18-6-3-4-8-23(18)26-16(20)2)21-12-17(9-10-22(21)24)19-7-5-11-25-14-19/h3-15H,1-2H3. The molecule has 1 unspecified atom stereocenters. The smallest absolute Gasteiger partial charge is 0.127 e. The average Bonchev–Trinajstić information content (AvgIpc) is 2.68. The van der Waals surface area contributed by atoms with Gasteiger partial charge in [0, 0.05) is 29.4 Å². The monoisotopic (exact) mass is 342 g/mol. The zero-order chi connectivity index (χ0) is 18.1. The molecule has 26 heavy (non-hydrogen) atoms. The van der Waals surface area contributed by atoms with E-state index in [-0.39, 0.29) is 11.7 Å². The highest BCUT2D eigenvalue weighted by molar-refractivity contribution is 5.79. The van der Waals surface area contributed by atoms with Crippen molar-refractivity contribution in [3.8, 4) is 11.1 Å². The minimum absolute atomic E-state index is 0.0938. The number of pyridine rings is 2. The number of fused-ring (bicyclic) bond motifs is 1. The normalized spacial score (nSPS) is 12.3. The number of rotatable bonds is 3. The van der Waals surface area contributed by atoms with E-state index in [4.69, 9.17) is 4.98 Å². The minimum Gasteiger partial charge on any atom is -0.264 e. The van der Waals surface area contributed by atoms with Gasteiger partial charge in [-0.3, -0.25) is 9.97 Å². The van der Waals surface area contributed by atoms with E-state index in [0.29, 0.717) is 5.56 Å². The molecule has 0 radical (unpaired) electrons. The molecule has 128 valence electrons. The van der Waals surface area contributed by atoms with Crippen molar-refractivity contribution in [1.82, 2.24) is 9.97 Å². The molecule has 2 aromatic heterocycles. The first-order valence-electron chi connectivity index (χ1n) is 8.69. The van der Waals surface area contributed by atoms with E-state index >= 15 is 0 Å². The summed E-state index contributed by atoms with van der Waals surface area (Å²) in [5.41, 5.74) is 5.56. The highest BCUT2D eigenvalue weighted by Gasteiger charge is 2.17. The topological polar surface area (TPSA) is 25.8 Å². The highest BCUT2D eigenvalue weighted by atomic mass is 19.1. The Morgan fingerprint density at radius 1 is 0.885 bits per heavy atom. The zero-order valence-corrected chi connectivity index (χ0v) is 14.8. The fourth-order valence-electron chi connectivity index (χ4n) is 3.42. The van der Waals surface area contributed by atoms with Gasteiger partial charge in [-0.2, -0.15) is 0 Å². The van der Waals surface area contributed by atoms with E-state index < -0.39 is 0 Å². The molecule has 2 heterocycles. The highest BCUT2D eigenvalue weighted by Crippen LogP contribution is 2.32. The van der Waals surface area contributed by atoms with E-state index in [1.54, 1.807) is 18.5 Å². The largest absolute Gasteiger partial charge is 0.264 e. The lowest BCUT2D eigenvalue weighted by Crippen LogP contribution is -2.04. The molecule has 2 nitrogen and oxygen atoms in total. The number of halogens is 1. The van der Waals surface area contributed by atoms with Crippen LogP contribution in [-0.4, -0.2) is 9.97 Å². The summed E-state index contributed by atoms with van der Waals surface area (Å²) in [6.45, 7) is 4.02. The molecular weight excluding hydrogens is 323 g/mol. The van der Waals surface area contributed by atoms with Crippen LogP contribution in [0.4, 0.5) is 4.39 Å². The van der Waals surface area contributed by atoms with Gasteiger partial charge in [-0.05, 0) is 59.5 Å². The van der Waals surface area contributed by atoms with E-state index in [0.717, 1.165) is 33.3 Å². The Morgan fingerprint density at radius 3 is 2.54 bits per heavy atom. The molecule has 4 rings (SSSR count). The number of nitrogens with zero attached hydrogens (tertiary/aromatic N) is 2. The van der Waals surface area contributed by atoms with Crippen LogP contribution < -0.4 is 0 Å². The third-order valence-corrected chi connectivity index (χ3v) is 4.88. The second-order valence-electron chi connectivity index (χ2n) is 6.56. The SMILES string of the molecule is Cc1nc2ccccc2cc1C(C)c1cc(-c2cccnc2)ccc1F. The third-order valence-electron chi connectivity index (χ3n) is 4.88. The summed E-state index contributed by atoms with van der Waals surface area (Å²) in [5.74, 6) is -0.290. The Labute approximate surface area is 152 Å². The molecule has 4 aromatic rings. The van der Waals surface area contributed by atoms with Gasteiger partial charge in [0.05, 0.1) is 5.52 Å². The molecule has 0 amide bonds. The summed E-state index contributed by atoms with van der Waals surface area (Å²) in [4.78, 5) is 8.86. The fraction of sp³-hybridized carbons (Fsp3) is 0.130. The van der Waals surface area contributed by atoms with Crippen molar-refractivity contribution in [1.29, 1.82) is 0 Å². The van der Waals surface area contributed by atoms with Crippen LogP contribution in [0.3, 0.4) is 0 Å². The van der Waals surface area contributed by atoms with Crippen LogP contribution in [0.15, 0.2) is 73.1 Å². The first kappa shape index (κ1) is 16.4. The zero-order valence-electron chi connectivity index (χ0n) is 14.8. The van der Waals surface area contributed by atoms with Gasteiger partial charge >= 0.3 is 0 Å². The number of aromatic nitrogens is 2. The van der Waals surface area contributed by atoms with E-state index in [1.807, 2.05) is 56.3 Å². The van der Waals surface area contributed by atoms with Crippen LogP contribution in [0, 0.1) is 12.7 Å². The van der Waals surface area contributed by atoms with E-state index in [2.05, 4.69) is 11.1 Å². The lowest BCUT2D eigenvalue weighted by Gasteiger charge is -2.17. The van der Waals surface area contributed by atoms with Gasteiger partial charge in [-0.1, -0.05) is 37.3 Å². The van der Waals surface area contributed by atoms with Crippen molar-refractivity contribution in [3.63, 3.8) is 0 Å². The van der Waals surface area contributed by atoms with Crippen molar-refractivity contribution in [2.45, 2.75) is 19.8 Å². The van der Waals surface area contributed by atoms with Crippen molar-refractivity contribution < 1.29 is 4.39 Å². The molecule has 0 aliphatic rings. The molecule has 1 atom stereocenters. The molecule has 0 saturated heterocycles. The summed E-state index contributed by atoms with van der Waals surface area (Å²) in [6, 6.07) is 19.3.